The number of unbranched alkanes of at least 4 members (excludes halogenated alkanes) is 23. The normalized spacial score (nSPS) is 12.9. The van der Waals surface area contributed by atoms with Crippen LogP contribution < -0.4 is 0 Å². The minimum absolute atomic E-state index is 0.0403. The fourth-order valence-corrected chi connectivity index (χ4v) is 7.09. The second-order valence-electron chi connectivity index (χ2n) is 17.1. The first-order valence-corrected chi connectivity index (χ1v) is 26.1. The number of hydrogen-bond acceptors (Lipinski definition) is 5. The van der Waals surface area contributed by atoms with Crippen molar-refractivity contribution in [2.45, 2.75) is 245 Å². The first-order chi connectivity index (χ1) is 30.6. The van der Waals surface area contributed by atoms with Gasteiger partial charge in [0.1, 0.15) is 6.61 Å². The van der Waals surface area contributed by atoms with Gasteiger partial charge in [0.25, 0.3) is 0 Å². The van der Waals surface area contributed by atoms with Crippen molar-refractivity contribution in [1.29, 1.82) is 0 Å². The zero-order chi connectivity index (χ0) is 44.9. The molecule has 0 aromatic rings. The van der Waals surface area contributed by atoms with Gasteiger partial charge in [0.05, 0.1) is 13.0 Å². The molecule has 0 N–H and O–H groups in total. The summed E-state index contributed by atoms with van der Waals surface area (Å²) in [6.45, 7) is 7.59. The standard InChI is InChI=1S/C57H98O5/c1-4-7-10-13-16-19-22-25-28-29-31-32-35-38-41-44-47-50-56(58)61-54-55(53-60-52-49-46-43-40-37-34-27-24-21-18-15-12-9-6-3)62-57(59)51-48-45-42-39-36-33-30-26-23-20-17-14-11-8-5-2/h8,11,16-17,19-20,25-26,28,30,36,39,45,48,55H,4-7,9-10,12-15,18,21-24,27,29,31-35,37-38,40-44,46-47,49-54H2,1-3H3/b11-8-,19-16-,20-17-,28-25-,30-26-,39-36-,48-45-. The van der Waals surface area contributed by atoms with Gasteiger partial charge in [0.15, 0.2) is 6.10 Å². The summed E-state index contributed by atoms with van der Waals surface area (Å²) in [5.74, 6) is -0.549. The third-order valence-electron chi connectivity index (χ3n) is 10.9. The Bertz CT molecular complexity index is 1160. The molecule has 356 valence electrons. The Morgan fingerprint density at radius 1 is 0.387 bits per heavy atom. The highest BCUT2D eigenvalue weighted by atomic mass is 16.6. The van der Waals surface area contributed by atoms with Gasteiger partial charge in [-0.25, -0.2) is 0 Å². The fourth-order valence-electron chi connectivity index (χ4n) is 7.09. The van der Waals surface area contributed by atoms with Crippen LogP contribution in [0, 0.1) is 0 Å². The molecule has 0 aliphatic rings. The van der Waals surface area contributed by atoms with Crippen molar-refractivity contribution in [2.75, 3.05) is 19.8 Å². The van der Waals surface area contributed by atoms with Crippen molar-refractivity contribution in [1.82, 2.24) is 0 Å². The third-order valence-corrected chi connectivity index (χ3v) is 10.9. The molecule has 0 saturated heterocycles. The Balaban J connectivity index is 4.39. The van der Waals surface area contributed by atoms with E-state index in [1.165, 1.54) is 135 Å². The van der Waals surface area contributed by atoms with E-state index in [2.05, 4.69) is 93.7 Å². The molecule has 0 aromatic heterocycles. The van der Waals surface area contributed by atoms with Gasteiger partial charge in [-0.3, -0.25) is 9.59 Å². The predicted octanol–water partition coefficient (Wildman–Crippen LogP) is 17.7. The quantitative estimate of drug-likeness (QED) is 0.0346. The van der Waals surface area contributed by atoms with E-state index in [1.54, 1.807) is 0 Å². The molecule has 0 radical (unpaired) electrons. The lowest BCUT2D eigenvalue weighted by Crippen LogP contribution is -2.29. The van der Waals surface area contributed by atoms with Gasteiger partial charge < -0.3 is 14.2 Å². The van der Waals surface area contributed by atoms with Gasteiger partial charge in [-0.1, -0.05) is 234 Å². The predicted molar refractivity (Wildman–Crippen MR) is 270 cm³/mol. The van der Waals surface area contributed by atoms with Crippen LogP contribution in [-0.2, 0) is 23.8 Å². The van der Waals surface area contributed by atoms with Crippen molar-refractivity contribution in [3.8, 4) is 0 Å². The first kappa shape index (κ1) is 59.1. The molecule has 62 heavy (non-hydrogen) atoms. The van der Waals surface area contributed by atoms with Crippen molar-refractivity contribution in [2.24, 2.45) is 0 Å². The monoisotopic (exact) mass is 863 g/mol. The van der Waals surface area contributed by atoms with Gasteiger partial charge in [-0.15, -0.1) is 0 Å². The summed E-state index contributed by atoms with van der Waals surface area (Å²) in [6, 6.07) is 0. The van der Waals surface area contributed by atoms with Crippen LogP contribution in [0.3, 0.4) is 0 Å². The van der Waals surface area contributed by atoms with Crippen LogP contribution >= 0.6 is 0 Å². The van der Waals surface area contributed by atoms with E-state index in [9.17, 15) is 9.59 Å². The maximum atomic E-state index is 12.7. The van der Waals surface area contributed by atoms with E-state index >= 15 is 0 Å². The summed E-state index contributed by atoms with van der Waals surface area (Å²) in [5, 5.41) is 0. The lowest BCUT2D eigenvalue weighted by molar-refractivity contribution is -0.162. The second kappa shape index (κ2) is 52.4. The Morgan fingerprint density at radius 2 is 0.774 bits per heavy atom. The minimum atomic E-state index is -0.595. The van der Waals surface area contributed by atoms with Crippen LogP contribution in [0.2, 0.25) is 0 Å². The number of ether oxygens (including phenoxy) is 3. The van der Waals surface area contributed by atoms with Crippen molar-refractivity contribution in [3.05, 3.63) is 85.1 Å². The molecule has 0 saturated carbocycles. The lowest BCUT2D eigenvalue weighted by Gasteiger charge is -2.18. The number of allylic oxidation sites excluding steroid dienone is 13. The summed E-state index contributed by atoms with van der Waals surface area (Å²) in [4.78, 5) is 25.3. The van der Waals surface area contributed by atoms with Crippen LogP contribution in [0.25, 0.3) is 0 Å². The average molecular weight is 863 g/mol. The maximum absolute atomic E-state index is 12.7. The maximum Gasteiger partial charge on any atom is 0.310 e. The largest absolute Gasteiger partial charge is 0.462 e. The van der Waals surface area contributed by atoms with Gasteiger partial charge in [0, 0.05) is 13.0 Å². The van der Waals surface area contributed by atoms with E-state index in [4.69, 9.17) is 14.2 Å². The minimum Gasteiger partial charge on any atom is -0.462 e. The number of hydrogen-bond donors (Lipinski definition) is 0. The van der Waals surface area contributed by atoms with Gasteiger partial charge in [0.2, 0.25) is 0 Å². The molecule has 0 rings (SSSR count). The van der Waals surface area contributed by atoms with Crippen LogP contribution in [0.1, 0.15) is 239 Å². The number of carbonyl (C=O) groups is 2. The zero-order valence-electron chi connectivity index (χ0n) is 40.9. The molecule has 5 nitrogen and oxygen atoms in total. The van der Waals surface area contributed by atoms with E-state index in [0.29, 0.717) is 13.0 Å². The third kappa shape index (κ3) is 49.7. The Hall–Kier alpha value is -2.92. The molecule has 1 unspecified atom stereocenters. The van der Waals surface area contributed by atoms with Crippen molar-refractivity contribution >= 4 is 11.9 Å². The summed E-state index contributed by atoms with van der Waals surface area (Å²) in [6.07, 6.45) is 69.0. The summed E-state index contributed by atoms with van der Waals surface area (Å²) < 4.78 is 17.3. The molecule has 1 atom stereocenters. The fraction of sp³-hybridized carbons (Fsp3) is 0.719. The summed E-state index contributed by atoms with van der Waals surface area (Å²) in [7, 11) is 0. The highest BCUT2D eigenvalue weighted by molar-refractivity contribution is 5.71. The molecule has 0 heterocycles. The molecule has 0 aromatic carbocycles. The average Bonchev–Trinajstić information content (AvgIpc) is 3.27. The second-order valence-corrected chi connectivity index (χ2v) is 17.1. The Morgan fingerprint density at radius 3 is 1.27 bits per heavy atom. The van der Waals surface area contributed by atoms with E-state index in [1.807, 2.05) is 12.2 Å². The molecular formula is C57H98O5. The molecule has 5 heteroatoms. The zero-order valence-corrected chi connectivity index (χ0v) is 40.9. The van der Waals surface area contributed by atoms with E-state index < -0.39 is 6.10 Å². The number of esters is 2. The number of carbonyl (C=O) groups excluding carboxylic acids is 2. The molecule has 0 aliphatic carbocycles. The van der Waals surface area contributed by atoms with Gasteiger partial charge in [-0.05, 0) is 77.0 Å². The molecule has 0 bridgehead atoms. The smallest absolute Gasteiger partial charge is 0.310 e. The van der Waals surface area contributed by atoms with Crippen LogP contribution in [0.4, 0.5) is 0 Å². The summed E-state index contributed by atoms with van der Waals surface area (Å²) >= 11 is 0. The van der Waals surface area contributed by atoms with Crippen LogP contribution in [0.15, 0.2) is 85.1 Å². The van der Waals surface area contributed by atoms with Crippen molar-refractivity contribution < 1.29 is 23.8 Å². The van der Waals surface area contributed by atoms with Gasteiger partial charge in [-0.2, -0.15) is 0 Å². The van der Waals surface area contributed by atoms with E-state index in [0.717, 1.165) is 70.6 Å². The number of rotatable bonds is 47. The summed E-state index contributed by atoms with van der Waals surface area (Å²) in [5.41, 5.74) is 0. The first-order valence-electron chi connectivity index (χ1n) is 26.1. The van der Waals surface area contributed by atoms with Crippen molar-refractivity contribution in [3.63, 3.8) is 0 Å². The SMILES string of the molecule is CC/C=C\C/C=C\C/C=C\C/C=C\C/C=C\CC(=O)OC(COCCCCCCCCCCCCCCCC)COC(=O)CCCCCCCCC/C=C\C/C=C\CCCCC. The molecule has 0 spiro atoms. The van der Waals surface area contributed by atoms with Crippen LogP contribution in [0.5, 0.6) is 0 Å². The Labute approximate surface area is 384 Å². The topological polar surface area (TPSA) is 61.8 Å². The van der Waals surface area contributed by atoms with Crippen LogP contribution in [-0.4, -0.2) is 37.9 Å². The Kier molecular flexibility index (Phi) is 50.0. The molecule has 0 fully saturated rings. The molecule has 0 aliphatic heterocycles. The highest BCUT2D eigenvalue weighted by Gasteiger charge is 2.17. The highest BCUT2D eigenvalue weighted by Crippen LogP contribution is 2.14. The molecule has 0 amide bonds. The lowest BCUT2D eigenvalue weighted by atomic mass is 10.0. The molecular weight excluding hydrogens is 765 g/mol. The van der Waals surface area contributed by atoms with E-state index in [-0.39, 0.29) is 31.6 Å². The van der Waals surface area contributed by atoms with Gasteiger partial charge >= 0.3 is 11.9 Å².